The number of benzene rings is 2. The molecule has 0 saturated heterocycles. The van der Waals surface area contributed by atoms with Crippen molar-refractivity contribution in [1.29, 1.82) is 0 Å². The Balaban J connectivity index is 1.59. The molecule has 0 radical (unpaired) electrons. The molecule has 152 valence electrons. The summed E-state index contributed by atoms with van der Waals surface area (Å²) in [5, 5.41) is 6.57. The van der Waals surface area contributed by atoms with E-state index in [0.717, 1.165) is 11.1 Å². The van der Waals surface area contributed by atoms with Crippen LogP contribution < -0.4 is 10.9 Å². The van der Waals surface area contributed by atoms with Gasteiger partial charge < -0.3 is 5.32 Å². The van der Waals surface area contributed by atoms with Crippen LogP contribution in [-0.2, 0) is 11.3 Å². The van der Waals surface area contributed by atoms with Gasteiger partial charge >= 0.3 is 0 Å². The van der Waals surface area contributed by atoms with E-state index in [0.29, 0.717) is 32.6 Å². The Morgan fingerprint density at radius 1 is 1.17 bits per heavy atom. The molecule has 0 aliphatic rings. The molecule has 8 heteroatoms. The number of thiophene rings is 1. The third-order valence-corrected chi connectivity index (χ3v) is 6.62. The van der Waals surface area contributed by atoms with Crippen LogP contribution in [0.15, 0.2) is 69.9 Å². The zero-order valence-electron chi connectivity index (χ0n) is 16.1. The van der Waals surface area contributed by atoms with Gasteiger partial charge in [0.2, 0.25) is 5.91 Å². The monoisotopic (exact) mass is 455 g/mol. The Labute approximate surface area is 186 Å². The molecule has 0 aliphatic carbocycles. The number of carbonyl (C=O) groups is 1. The molecule has 4 aromatic rings. The average Bonchev–Trinajstić information content (AvgIpc) is 3.19. The van der Waals surface area contributed by atoms with Gasteiger partial charge in [-0.2, -0.15) is 0 Å². The van der Waals surface area contributed by atoms with Crippen molar-refractivity contribution in [1.82, 2.24) is 9.55 Å². The lowest BCUT2D eigenvalue weighted by molar-refractivity contribution is -0.113. The molecule has 1 N–H and O–H groups in total. The van der Waals surface area contributed by atoms with E-state index in [1.54, 1.807) is 28.8 Å². The third-order valence-electron chi connectivity index (χ3n) is 4.52. The van der Waals surface area contributed by atoms with E-state index in [1.807, 2.05) is 42.6 Å². The van der Waals surface area contributed by atoms with Crippen molar-refractivity contribution in [2.24, 2.45) is 0 Å². The second kappa shape index (κ2) is 9.04. The van der Waals surface area contributed by atoms with E-state index in [1.165, 1.54) is 23.1 Å². The van der Waals surface area contributed by atoms with Crippen molar-refractivity contribution in [3.8, 4) is 11.1 Å². The first-order valence-electron chi connectivity index (χ1n) is 9.32. The lowest BCUT2D eigenvalue weighted by Crippen LogP contribution is -2.23. The van der Waals surface area contributed by atoms with Crippen molar-refractivity contribution in [2.75, 3.05) is 11.1 Å². The van der Waals surface area contributed by atoms with Crippen molar-refractivity contribution in [3.05, 3.63) is 75.4 Å². The van der Waals surface area contributed by atoms with Crippen LogP contribution in [0.1, 0.15) is 6.92 Å². The number of rotatable bonds is 6. The molecule has 2 aromatic heterocycles. The van der Waals surface area contributed by atoms with Crippen molar-refractivity contribution in [3.63, 3.8) is 0 Å². The fourth-order valence-corrected chi connectivity index (χ4v) is 5.06. The predicted octanol–water partition coefficient (Wildman–Crippen LogP) is 5.53. The second-order valence-electron chi connectivity index (χ2n) is 6.48. The molecule has 0 atom stereocenters. The van der Waals surface area contributed by atoms with Crippen LogP contribution in [0.5, 0.6) is 0 Å². The lowest BCUT2D eigenvalue weighted by Gasteiger charge is -2.11. The Morgan fingerprint density at radius 2 is 1.90 bits per heavy atom. The van der Waals surface area contributed by atoms with E-state index in [-0.39, 0.29) is 17.2 Å². The molecule has 0 aliphatic heterocycles. The zero-order valence-corrected chi connectivity index (χ0v) is 18.5. The summed E-state index contributed by atoms with van der Waals surface area (Å²) < 4.78 is 1.63. The lowest BCUT2D eigenvalue weighted by atomic mass is 10.1. The van der Waals surface area contributed by atoms with Gasteiger partial charge in [-0.25, -0.2) is 4.98 Å². The number of halogens is 1. The van der Waals surface area contributed by atoms with Gasteiger partial charge in [0.1, 0.15) is 4.83 Å². The molecule has 2 heterocycles. The number of thioether (sulfide) groups is 1. The number of hydrogen-bond donors (Lipinski definition) is 1. The number of nitrogens with zero attached hydrogens (tertiary/aromatic N) is 2. The van der Waals surface area contributed by atoms with Crippen LogP contribution >= 0.6 is 34.7 Å². The van der Waals surface area contributed by atoms with E-state index < -0.39 is 0 Å². The second-order valence-corrected chi connectivity index (χ2v) is 8.72. The first-order valence-corrected chi connectivity index (χ1v) is 11.6. The van der Waals surface area contributed by atoms with Gasteiger partial charge in [-0.15, -0.1) is 11.3 Å². The summed E-state index contributed by atoms with van der Waals surface area (Å²) >= 11 is 8.57. The first kappa shape index (κ1) is 20.7. The van der Waals surface area contributed by atoms with Crippen molar-refractivity contribution >= 4 is 56.5 Å². The molecule has 0 unspecified atom stereocenters. The van der Waals surface area contributed by atoms with Gasteiger partial charge in [0.05, 0.1) is 11.1 Å². The molecule has 1 amide bonds. The normalized spacial score (nSPS) is 11.0. The largest absolute Gasteiger partial charge is 0.325 e. The molecule has 2 aromatic carbocycles. The predicted molar refractivity (Wildman–Crippen MR) is 126 cm³/mol. The molecule has 0 saturated carbocycles. The topological polar surface area (TPSA) is 64.0 Å². The number of anilines is 1. The Hall–Kier alpha value is -2.61. The third kappa shape index (κ3) is 4.28. The SMILES string of the molecule is CCn1c(SCC(=O)Nc2ccc(Cl)cc2)nc2scc(-c3ccccc3)c2c1=O. The van der Waals surface area contributed by atoms with Crippen LogP contribution in [0.2, 0.25) is 5.02 Å². The highest BCUT2D eigenvalue weighted by atomic mass is 35.5. The maximum atomic E-state index is 13.2. The van der Waals surface area contributed by atoms with Gasteiger partial charge in [-0.1, -0.05) is 53.7 Å². The van der Waals surface area contributed by atoms with Crippen LogP contribution in [0.25, 0.3) is 21.3 Å². The first-order chi connectivity index (χ1) is 14.6. The summed E-state index contributed by atoms with van der Waals surface area (Å²) in [7, 11) is 0. The van der Waals surface area contributed by atoms with E-state index in [9.17, 15) is 9.59 Å². The van der Waals surface area contributed by atoms with E-state index >= 15 is 0 Å². The van der Waals surface area contributed by atoms with Crippen LogP contribution in [-0.4, -0.2) is 21.2 Å². The van der Waals surface area contributed by atoms with E-state index in [4.69, 9.17) is 16.6 Å². The van der Waals surface area contributed by atoms with Gasteiger partial charge in [0.25, 0.3) is 5.56 Å². The standard InChI is InChI=1S/C22H18ClN3O2S2/c1-2-26-21(28)19-17(14-6-4-3-5-7-14)12-29-20(19)25-22(26)30-13-18(27)24-16-10-8-15(23)9-11-16/h3-12H,2,13H2,1H3,(H,24,27). The van der Waals surface area contributed by atoms with Gasteiger partial charge in [0, 0.05) is 28.2 Å². The molecule has 4 rings (SSSR count). The number of fused-ring (bicyclic) bond motifs is 1. The Morgan fingerprint density at radius 3 is 2.60 bits per heavy atom. The molecular formula is C22H18ClN3O2S2. The van der Waals surface area contributed by atoms with Gasteiger partial charge in [0.15, 0.2) is 5.16 Å². The van der Waals surface area contributed by atoms with Gasteiger partial charge in [-0.3, -0.25) is 14.2 Å². The van der Waals surface area contributed by atoms with E-state index in [2.05, 4.69) is 5.32 Å². The quantitative estimate of drug-likeness (QED) is 0.306. The number of hydrogen-bond acceptors (Lipinski definition) is 5. The Kier molecular flexibility index (Phi) is 6.22. The number of carbonyl (C=O) groups excluding carboxylic acids is 1. The maximum Gasteiger partial charge on any atom is 0.263 e. The fourth-order valence-electron chi connectivity index (χ4n) is 3.09. The van der Waals surface area contributed by atoms with Crippen molar-refractivity contribution < 1.29 is 4.79 Å². The minimum Gasteiger partial charge on any atom is -0.325 e. The van der Waals surface area contributed by atoms with Gasteiger partial charge in [-0.05, 0) is 36.8 Å². The zero-order chi connectivity index (χ0) is 21.1. The molecular weight excluding hydrogens is 438 g/mol. The number of nitrogens with one attached hydrogen (secondary N) is 1. The summed E-state index contributed by atoms with van der Waals surface area (Å²) in [5.41, 5.74) is 2.48. The summed E-state index contributed by atoms with van der Waals surface area (Å²) in [6.07, 6.45) is 0. The smallest absolute Gasteiger partial charge is 0.263 e. The highest BCUT2D eigenvalue weighted by Crippen LogP contribution is 2.32. The highest BCUT2D eigenvalue weighted by Gasteiger charge is 2.17. The molecule has 0 fully saturated rings. The molecule has 30 heavy (non-hydrogen) atoms. The fraction of sp³-hybridized carbons (Fsp3) is 0.136. The number of aromatic nitrogens is 2. The Bertz CT molecular complexity index is 1250. The summed E-state index contributed by atoms with van der Waals surface area (Å²) in [6, 6.07) is 16.8. The average molecular weight is 456 g/mol. The molecule has 5 nitrogen and oxygen atoms in total. The summed E-state index contributed by atoms with van der Waals surface area (Å²) in [5.74, 6) is -0.0206. The van der Waals surface area contributed by atoms with Crippen LogP contribution in [0.4, 0.5) is 5.69 Å². The van der Waals surface area contributed by atoms with Crippen LogP contribution in [0, 0.1) is 0 Å². The highest BCUT2D eigenvalue weighted by molar-refractivity contribution is 7.99. The minimum atomic E-state index is -0.171. The summed E-state index contributed by atoms with van der Waals surface area (Å²) in [4.78, 5) is 30.9. The molecule has 0 spiro atoms. The number of amides is 1. The van der Waals surface area contributed by atoms with Crippen LogP contribution in [0.3, 0.4) is 0 Å². The van der Waals surface area contributed by atoms with Crippen molar-refractivity contribution in [2.45, 2.75) is 18.6 Å². The maximum absolute atomic E-state index is 13.2. The molecule has 0 bridgehead atoms. The minimum absolute atomic E-state index is 0.0804. The summed E-state index contributed by atoms with van der Waals surface area (Å²) in [6.45, 7) is 2.38.